The zero-order chi connectivity index (χ0) is 15.6. The van der Waals surface area contributed by atoms with Crippen LogP contribution in [0.25, 0.3) is 0 Å². The van der Waals surface area contributed by atoms with Crippen molar-refractivity contribution in [2.75, 3.05) is 39.3 Å². The summed E-state index contributed by atoms with van der Waals surface area (Å²) in [6.07, 6.45) is 3.93. The van der Waals surface area contributed by atoms with E-state index in [-0.39, 0.29) is 24.8 Å². The first-order chi connectivity index (χ1) is 10.8. The summed E-state index contributed by atoms with van der Waals surface area (Å²) in [6.45, 7) is 10.8. The Morgan fingerprint density at radius 3 is 2.46 bits per heavy atom. The average molecular weight is 377 g/mol. The van der Waals surface area contributed by atoms with Crippen LogP contribution in [0.3, 0.4) is 0 Å². The second kappa shape index (κ2) is 13.9. The lowest BCUT2D eigenvalue weighted by Gasteiger charge is -2.31. The Labute approximate surface area is 160 Å². The molecule has 1 aliphatic rings. The summed E-state index contributed by atoms with van der Waals surface area (Å²) < 4.78 is 6.34. The van der Waals surface area contributed by atoms with E-state index in [2.05, 4.69) is 54.4 Å². The number of hydrogen-bond donors (Lipinski definition) is 1. The van der Waals surface area contributed by atoms with Crippen molar-refractivity contribution in [3.63, 3.8) is 0 Å². The third-order valence-corrected chi connectivity index (χ3v) is 4.77. The zero-order valence-electron chi connectivity index (χ0n) is 15.1. The molecule has 0 saturated carbocycles. The molecule has 2 unspecified atom stereocenters. The number of ether oxygens (including phenoxy) is 1. The van der Waals surface area contributed by atoms with E-state index in [4.69, 9.17) is 4.74 Å². The quantitative estimate of drug-likeness (QED) is 0.709. The van der Waals surface area contributed by atoms with Crippen molar-refractivity contribution < 1.29 is 4.74 Å². The molecule has 2 atom stereocenters. The lowest BCUT2D eigenvalue weighted by molar-refractivity contribution is -0.00372. The van der Waals surface area contributed by atoms with Gasteiger partial charge in [0, 0.05) is 13.1 Å². The van der Waals surface area contributed by atoms with Gasteiger partial charge in [-0.1, -0.05) is 44.2 Å². The lowest BCUT2D eigenvalue weighted by atomic mass is 9.90. The van der Waals surface area contributed by atoms with Crippen LogP contribution in [-0.4, -0.2) is 50.3 Å². The largest absolute Gasteiger partial charge is 0.376 e. The van der Waals surface area contributed by atoms with E-state index in [1.54, 1.807) is 0 Å². The van der Waals surface area contributed by atoms with Crippen LogP contribution in [0, 0.1) is 5.92 Å². The van der Waals surface area contributed by atoms with E-state index in [1.165, 1.54) is 18.4 Å². The number of benzene rings is 1. The molecule has 1 aliphatic heterocycles. The Bertz CT molecular complexity index is 396. The molecule has 1 aromatic rings. The van der Waals surface area contributed by atoms with E-state index in [0.717, 1.165) is 45.8 Å². The second-order valence-electron chi connectivity index (χ2n) is 6.23. The monoisotopic (exact) mass is 376 g/mol. The molecule has 5 heteroatoms. The minimum atomic E-state index is 0. The van der Waals surface area contributed by atoms with Crippen LogP contribution >= 0.6 is 24.8 Å². The maximum absolute atomic E-state index is 6.34. The van der Waals surface area contributed by atoms with Crippen LogP contribution < -0.4 is 5.32 Å². The molecule has 0 aromatic heterocycles. The Hall–Kier alpha value is -0.320. The Morgan fingerprint density at radius 2 is 1.88 bits per heavy atom. The molecule has 0 amide bonds. The number of rotatable bonds is 9. The van der Waals surface area contributed by atoms with Gasteiger partial charge in [-0.3, -0.25) is 0 Å². The highest BCUT2D eigenvalue weighted by molar-refractivity contribution is 5.85. The third-order valence-electron chi connectivity index (χ3n) is 4.77. The van der Waals surface area contributed by atoms with E-state index in [9.17, 15) is 0 Å². The first-order valence-electron chi connectivity index (χ1n) is 8.92. The van der Waals surface area contributed by atoms with Crippen LogP contribution in [0.4, 0.5) is 0 Å². The number of nitrogens with one attached hydrogen (secondary N) is 1. The van der Waals surface area contributed by atoms with E-state index >= 15 is 0 Å². The molecule has 1 fully saturated rings. The van der Waals surface area contributed by atoms with Gasteiger partial charge in [-0.2, -0.15) is 0 Å². The zero-order valence-corrected chi connectivity index (χ0v) is 16.7. The summed E-state index contributed by atoms with van der Waals surface area (Å²) in [6, 6.07) is 10.8. The van der Waals surface area contributed by atoms with Gasteiger partial charge in [0.15, 0.2) is 0 Å². The van der Waals surface area contributed by atoms with Crippen LogP contribution in [0.2, 0.25) is 0 Å². The molecule has 1 saturated heterocycles. The summed E-state index contributed by atoms with van der Waals surface area (Å²) in [5.74, 6) is 0.644. The highest BCUT2D eigenvalue weighted by atomic mass is 35.5. The number of nitrogens with zero attached hydrogens (tertiary/aromatic N) is 1. The van der Waals surface area contributed by atoms with Crippen molar-refractivity contribution in [1.29, 1.82) is 0 Å². The van der Waals surface area contributed by atoms with Crippen molar-refractivity contribution in [3.8, 4) is 0 Å². The maximum Gasteiger partial charge on any atom is 0.0656 e. The second-order valence-corrected chi connectivity index (χ2v) is 6.23. The van der Waals surface area contributed by atoms with E-state index in [0.29, 0.717) is 12.0 Å². The van der Waals surface area contributed by atoms with Crippen LogP contribution in [0.15, 0.2) is 30.3 Å². The van der Waals surface area contributed by atoms with Gasteiger partial charge < -0.3 is 15.0 Å². The predicted molar refractivity (Wildman–Crippen MR) is 108 cm³/mol. The molecule has 0 aliphatic carbocycles. The molecule has 1 heterocycles. The molecule has 0 radical (unpaired) electrons. The molecule has 2 rings (SSSR count). The van der Waals surface area contributed by atoms with Crippen molar-refractivity contribution >= 4 is 24.8 Å². The van der Waals surface area contributed by atoms with Crippen LogP contribution in [-0.2, 0) is 11.2 Å². The molecule has 1 N–H and O–H groups in total. The fourth-order valence-electron chi connectivity index (χ4n) is 3.28. The molecule has 24 heavy (non-hydrogen) atoms. The predicted octanol–water partition coefficient (Wildman–Crippen LogP) is 3.80. The van der Waals surface area contributed by atoms with Crippen molar-refractivity contribution in [1.82, 2.24) is 10.2 Å². The molecular weight excluding hydrogens is 343 g/mol. The molecule has 1 aromatic carbocycles. The first-order valence-corrected chi connectivity index (χ1v) is 8.92. The van der Waals surface area contributed by atoms with Gasteiger partial charge in [-0.05, 0) is 50.4 Å². The molecule has 140 valence electrons. The lowest BCUT2D eigenvalue weighted by Crippen LogP contribution is -2.40. The van der Waals surface area contributed by atoms with E-state index < -0.39 is 0 Å². The number of hydrogen-bond acceptors (Lipinski definition) is 3. The van der Waals surface area contributed by atoms with Crippen molar-refractivity contribution in [2.24, 2.45) is 5.92 Å². The summed E-state index contributed by atoms with van der Waals surface area (Å²) >= 11 is 0. The molecular formula is C19H34Cl2N2O. The fraction of sp³-hybridized carbons (Fsp3) is 0.684. The smallest absolute Gasteiger partial charge is 0.0656 e. The highest BCUT2D eigenvalue weighted by Gasteiger charge is 2.24. The minimum absolute atomic E-state index is 0. The van der Waals surface area contributed by atoms with Crippen molar-refractivity contribution in [2.45, 2.75) is 39.2 Å². The number of piperidine rings is 1. The first kappa shape index (κ1) is 23.7. The topological polar surface area (TPSA) is 24.5 Å². The van der Waals surface area contributed by atoms with Crippen molar-refractivity contribution in [3.05, 3.63) is 35.9 Å². The molecule has 0 spiro atoms. The van der Waals surface area contributed by atoms with Gasteiger partial charge in [-0.25, -0.2) is 0 Å². The number of halogens is 2. The average Bonchev–Trinajstić information content (AvgIpc) is 2.59. The summed E-state index contributed by atoms with van der Waals surface area (Å²) in [5, 5.41) is 3.53. The SMILES string of the molecule is CCN(CC)CCOC(Cc1ccccc1)C1CCCNC1.Cl.Cl. The summed E-state index contributed by atoms with van der Waals surface area (Å²) in [7, 11) is 0. The van der Waals surface area contributed by atoms with Gasteiger partial charge in [0.25, 0.3) is 0 Å². The van der Waals surface area contributed by atoms with Crippen LogP contribution in [0.5, 0.6) is 0 Å². The standard InChI is InChI=1S/C19H32N2O.2ClH/c1-3-21(4-2)13-14-22-19(18-11-8-12-20-16-18)15-17-9-6-5-7-10-17;;/h5-7,9-10,18-20H,3-4,8,11-16H2,1-2H3;2*1H. The molecule has 3 nitrogen and oxygen atoms in total. The fourth-order valence-corrected chi connectivity index (χ4v) is 3.28. The van der Waals surface area contributed by atoms with Gasteiger partial charge >= 0.3 is 0 Å². The van der Waals surface area contributed by atoms with Gasteiger partial charge in [-0.15, -0.1) is 24.8 Å². The number of likely N-dealkylation sites (N-methyl/N-ethyl adjacent to an activating group) is 1. The Kier molecular flexibility index (Phi) is 13.7. The minimum Gasteiger partial charge on any atom is -0.376 e. The van der Waals surface area contributed by atoms with Crippen LogP contribution in [0.1, 0.15) is 32.3 Å². The van der Waals surface area contributed by atoms with Gasteiger partial charge in [0.1, 0.15) is 0 Å². The van der Waals surface area contributed by atoms with Gasteiger partial charge in [0.2, 0.25) is 0 Å². The van der Waals surface area contributed by atoms with Gasteiger partial charge in [0.05, 0.1) is 12.7 Å². The highest BCUT2D eigenvalue weighted by Crippen LogP contribution is 2.21. The van der Waals surface area contributed by atoms with E-state index in [1.807, 2.05) is 0 Å². The third kappa shape index (κ3) is 8.17. The normalized spacial score (nSPS) is 18.5. The summed E-state index contributed by atoms with van der Waals surface area (Å²) in [5.41, 5.74) is 1.39. The maximum atomic E-state index is 6.34. The Morgan fingerprint density at radius 1 is 1.17 bits per heavy atom. The summed E-state index contributed by atoms with van der Waals surface area (Å²) in [4.78, 5) is 2.43. The molecule has 0 bridgehead atoms. The Balaban J connectivity index is 0.00000264.